The molecule has 0 aliphatic rings. The van der Waals surface area contributed by atoms with Gasteiger partial charge in [0.05, 0.1) is 17.1 Å². The molecule has 2 rings (SSSR count). The molecule has 0 fully saturated rings. The minimum Gasteiger partial charge on any atom is -0.387 e. The van der Waals surface area contributed by atoms with Crippen molar-refractivity contribution < 1.29 is 15.1 Å². The van der Waals surface area contributed by atoms with Crippen molar-refractivity contribution >= 4 is 5.69 Å². The zero-order valence-corrected chi connectivity index (χ0v) is 11.9. The van der Waals surface area contributed by atoms with Gasteiger partial charge in [-0.3, -0.25) is 10.1 Å². The second-order valence-electron chi connectivity index (χ2n) is 4.95. The van der Waals surface area contributed by atoms with Crippen LogP contribution in [0.5, 0.6) is 0 Å². The largest absolute Gasteiger partial charge is 0.387 e. The van der Waals surface area contributed by atoms with Gasteiger partial charge in [0.1, 0.15) is 0 Å². The zero-order chi connectivity index (χ0) is 15.9. The molecule has 0 radical (unpaired) electrons. The number of nitrogens with zero attached hydrogens (tertiary/aromatic N) is 1. The van der Waals surface area contributed by atoms with E-state index in [1.54, 1.807) is 0 Å². The zero-order valence-electron chi connectivity index (χ0n) is 11.9. The third-order valence-corrected chi connectivity index (χ3v) is 3.35. The highest BCUT2D eigenvalue weighted by Crippen LogP contribution is 2.17. The van der Waals surface area contributed by atoms with Gasteiger partial charge >= 0.3 is 0 Å². The Morgan fingerprint density at radius 1 is 0.909 bits per heavy atom. The molecule has 0 aromatic heterocycles. The van der Waals surface area contributed by atoms with E-state index < -0.39 is 17.1 Å². The summed E-state index contributed by atoms with van der Waals surface area (Å²) >= 11 is 0. The molecule has 0 saturated heterocycles. The smallest absolute Gasteiger partial charge is 0.269 e. The van der Waals surface area contributed by atoms with Gasteiger partial charge in [0, 0.05) is 25.2 Å². The number of nitrogens with one attached hydrogen (secondary N) is 1. The average Bonchev–Trinajstić information content (AvgIpc) is 2.55. The summed E-state index contributed by atoms with van der Waals surface area (Å²) in [5.41, 5.74) is 1.38. The van der Waals surface area contributed by atoms with Crippen LogP contribution in [-0.4, -0.2) is 28.2 Å². The van der Waals surface area contributed by atoms with Gasteiger partial charge in [0.2, 0.25) is 0 Å². The van der Waals surface area contributed by atoms with Gasteiger partial charge in [-0.05, 0) is 23.3 Å². The van der Waals surface area contributed by atoms with Crippen molar-refractivity contribution in [3.05, 3.63) is 75.8 Å². The van der Waals surface area contributed by atoms with E-state index in [-0.39, 0.29) is 12.2 Å². The van der Waals surface area contributed by atoms with Crippen LogP contribution < -0.4 is 5.32 Å². The van der Waals surface area contributed by atoms with E-state index in [1.807, 2.05) is 30.3 Å². The quantitative estimate of drug-likeness (QED) is 0.536. The summed E-state index contributed by atoms with van der Waals surface area (Å²) in [6.45, 7) is 0.565. The Morgan fingerprint density at radius 3 is 1.91 bits per heavy atom. The number of rotatable bonds is 7. The first-order chi connectivity index (χ1) is 10.6. The first-order valence-electron chi connectivity index (χ1n) is 6.94. The van der Waals surface area contributed by atoms with Crippen LogP contribution in [0.3, 0.4) is 0 Å². The van der Waals surface area contributed by atoms with Crippen LogP contribution in [0.2, 0.25) is 0 Å². The maximum Gasteiger partial charge on any atom is 0.269 e. The fourth-order valence-corrected chi connectivity index (χ4v) is 2.09. The van der Waals surface area contributed by atoms with Crippen LogP contribution in [-0.2, 0) is 0 Å². The van der Waals surface area contributed by atoms with Crippen molar-refractivity contribution in [2.75, 3.05) is 13.1 Å². The van der Waals surface area contributed by atoms with Crippen molar-refractivity contribution in [2.24, 2.45) is 0 Å². The molecular formula is C16H18N2O4. The first kappa shape index (κ1) is 16.1. The third kappa shape index (κ3) is 4.36. The molecule has 2 unspecified atom stereocenters. The van der Waals surface area contributed by atoms with Crippen LogP contribution in [0.4, 0.5) is 5.69 Å². The Hall–Kier alpha value is -2.28. The Bertz CT molecular complexity index is 601. The number of aliphatic hydroxyl groups is 2. The fraction of sp³-hybridized carbons (Fsp3) is 0.250. The van der Waals surface area contributed by atoms with E-state index in [0.717, 1.165) is 5.56 Å². The second-order valence-corrected chi connectivity index (χ2v) is 4.95. The minimum absolute atomic E-state index is 0.0107. The summed E-state index contributed by atoms with van der Waals surface area (Å²) in [4.78, 5) is 10.1. The Labute approximate surface area is 128 Å². The van der Waals surface area contributed by atoms with Crippen LogP contribution in [0.1, 0.15) is 23.3 Å². The molecule has 2 aromatic carbocycles. The number of benzene rings is 2. The molecule has 0 amide bonds. The second kappa shape index (κ2) is 7.65. The molecular weight excluding hydrogens is 284 g/mol. The lowest BCUT2D eigenvalue weighted by molar-refractivity contribution is -0.384. The van der Waals surface area contributed by atoms with Gasteiger partial charge in [0.25, 0.3) is 5.69 Å². The standard InChI is InChI=1S/C16H18N2O4/c19-15(12-4-2-1-3-5-12)10-17-11-16(20)13-6-8-14(9-7-13)18(21)22/h1-9,15-17,19-20H,10-11H2. The van der Waals surface area contributed by atoms with Gasteiger partial charge in [-0.25, -0.2) is 0 Å². The van der Waals surface area contributed by atoms with Crippen molar-refractivity contribution in [1.82, 2.24) is 5.32 Å². The maximum atomic E-state index is 10.6. The Balaban J connectivity index is 1.82. The highest BCUT2D eigenvalue weighted by molar-refractivity contribution is 5.33. The maximum absolute atomic E-state index is 10.6. The molecule has 3 N–H and O–H groups in total. The van der Waals surface area contributed by atoms with E-state index >= 15 is 0 Å². The van der Waals surface area contributed by atoms with E-state index in [9.17, 15) is 20.3 Å². The number of nitro groups is 1. The number of hydrogen-bond donors (Lipinski definition) is 3. The van der Waals surface area contributed by atoms with Gasteiger partial charge in [-0.2, -0.15) is 0 Å². The molecule has 0 heterocycles. The molecule has 2 atom stereocenters. The van der Waals surface area contributed by atoms with Crippen LogP contribution in [0, 0.1) is 10.1 Å². The van der Waals surface area contributed by atoms with Crippen LogP contribution in [0.15, 0.2) is 54.6 Å². The summed E-state index contributed by atoms with van der Waals surface area (Å²) in [7, 11) is 0. The number of non-ortho nitro benzene ring substituents is 1. The molecule has 116 valence electrons. The first-order valence-corrected chi connectivity index (χ1v) is 6.94. The fourth-order valence-electron chi connectivity index (χ4n) is 2.09. The molecule has 2 aromatic rings. The molecule has 0 aliphatic heterocycles. The summed E-state index contributed by atoms with van der Waals surface area (Å²) in [5, 5.41) is 33.6. The van der Waals surface area contributed by atoms with E-state index in [1.165, 1.54) is 24.3 Å². The van der Waals surface area contributed by atoms with Crippen LogP contribution >= 0.6 is 0 Å². The molecule has 0 bridgehead atoms. The Kier molecular flexibility index (Phi) is 5.60. The van der Waals surface area contributed by atoms with Gasteiger partial charge in [-0.1, -0.05) is 30.3 Å². The lowest BCUT2D eigenvalue weighted by atomic mass is 10.1. The van der Waals surface area contributed by atoms with Gasteiger partial charge in [-0.15, -0.1) is 0 Å². The van der Waals surface area contributed by atoms with E-state index in [2.05, 4.69) is 5.32 Å². The third-order valence-electron chi connectivity index (χ3n) is 3.35. The normalized spacial score (nSPS) is 13.5. The SMILES string of the molecule is O=[N+]([O-])c1ccc(C(O)CNCC(O)c2ccccc2)cc1. The highest BCUT2D eigenvalue weighted by atomic mass is 16.6. The number of hydrogen-bond acceptors (Lipinski definition) is 5. The van der Waals surface area contributed by atoms with Crippen molar-refractivity contribution in [2.45, 2.75) is 12.2 Å². The summed E-state index contributed by atoms with van der Waals surface area (Å²) in [6, 6.07) is 15.0. The molecule has 22 heavy (non-hydrogen) atoms. The lowest BCUT2D eigenvalue weighted by Crippen LogP contribution is -2.26. The average molecular weight is 302 g/mol. The summed E-state index contributed by atoms with van der Waals surface area (Å²) in [6.07, 6.45) is -1.44. The van der Waals surface area contributed by atoms with E-state index in [0.29, 0.717) is 12.1 Å². The van der Waals surface area contributed by atoms with Crippen molar-refractivity contribution in [3.63, 3.8) is 0 Å². The van der Waals surface area contributed by atoms with Gasteiger partial charge < -0.3 is 15.5 Å². The summed E-state index contributed by atoms with van der Waals surface area (Å²) < 4.78 is 0. The van der Waals surface area contributed by atoms with Crippen LogP contribution in [0.25, 0.3) is 0 Å². The minimum atomic E-state index is -0.788. The van der Waals surface area contributed by atoms with E-state index in [4.69, 9.17) is 0 Å². The summed E-state index contributed by atoms with van der Waals surface area (Å²) in [5.74, 6) is 0. The predicted octanol–water partition coefficient (Wildman–Crippen LogP) is 1.95. The van der Waals surface area contributed by atoms with Crippen molar-refractivity contribution in [1.29, 1.82) is 0 Å². The monoisotopic (exact) mass is 302 g/mol. The van der Waals surface area contributed by atoms with Gasteiger partial charge in [0.15, 0.2) is 0 Å². The topological polar surface area (TPSA) is 95.6 Å². The molecule has 0 aliphatic carbocycles. The molecule has 0 spiro atoms. The number of aliphatic hydroxyl groups excluding tert-OH is 2. The molecule has 6 heteroatoms. The lowest BCUT2D eigenvalue weighted by Gasteiger charge is -2.15. The molecule has 0 saturated carbocycles. The highest BCUT2D eigenvalue weighted by Gasteiger charge is 2.12. The Morgan fingerprint density at radius 2 is 1.41 bits per heavy atom. The van der Waals surface area contributed by atoms with Crippen molar-refractivity contribution in [3.8, 4) is 0 Å². The number of nitro benzene ring substituents is 1. The predicted molar refractivity (Wildman–Crippen MR) is 82.3 cm³/mol. The molecule has 6 nitrogen and oxygen atoms in total.